The van der Waals surface area contributed by atoms with E-state index in [2.05, 4.69) is 9.44 Å². The molecule has 1 aromatic heterocycles. The summed E-state index contributed by atoms with van der Waals surface area (Å²) in [6.07, 6.45) is 0. The van der Waals surface area contributed by atoms with Crippen LogP contribution in [0.15, 0.2) is 52.1 Å². The molecule has 0 saturated heterocycles. The largest absolute Gasteiger partial charge is 0.276 e. The normalized spacial score (nSPS) is 13.8. The third-order valence-corrected chi connectivity index (χ3v) is 7.86. The zero-order chi connectivity index (χ0) is 16.9. The Morgan fingerprint density at radius 2 is 1.70 bits per heavy atom. The maximum Gasteiger partial charge on any atom is 0.276 e. The van der Waals surface area contributed by atoms with Crippen LogP contribution in [0.25, 0.3) is 0 Å². The number of hydrogen-bond acceptors (Lipinski definition) is 5. The monoisotopic (exact) mass is 374 g/mol. The molecule has 0 aliphatic heterocycles. The van der Waals surface area contributed by atoms with E-state index < -0.39 is 25.3 Å². The molecule has 2 aromatic rings. The summed E-state index contributed by atoms with van der Waals surface area (Å²) in [5.74, 6) is 0. The summed E-state index contributed by atoms with van der Waals surface area (Å²) < 4.78 is 54.0. The van der Waals surface area contributed by atoms with Gasteiger partial charge in [0.2, 0.25) is 0 Å². The van der Waals surface area contributed by atoms with Crippen molar-refractivity contribution < 1.29 is 16.8 Å². The molecule has 1 heterocycles. The van der Waals surface area contributed by atoms with Crippen molar-refractivity contribution >= 4 is 31.4 Å². The first-order chi connectivity index (χ1) is 10.9. The van der Waals surface area contributed by atoms with Crippen LogP contribution in [0.2, 0.25) is 0 Å². The summed E-state index contributed by atoms with van der Waals surface area (Å²) in [4.78, 5) is 0. The number of benzene rings is 1. The van der Waals surface area contributed by atoms with Crippen LogP contribution in [0.1, 0.15) is 17.7 Å². The van der Waals surface area contributed by atoms with Gasteiger partial charge in [-0.25, -0.2) is 17.9 Å². The van der Waals surface area contributed by atoms with E-state index in [9.17, 15) is 16.8 Å². The van der Waals surface area contributed by atoms with Gasteiger partial charge in [-0.05, 0) is 17.0 Å². The third-order valence-electron chi connectivity index (χ3n) is 3.11. The molecule has 0 aliphatic carbocycles. The van der Waals surface area contributed by atoms with Crippen molar-refractivity contribution in [2.75, 3.05) is 13.1 Å². The Hall–Kier alpha value is -1.26. The minimum absolute atomic E-state index is 0.217. The predicted octanol–water partition coefficient (Wildman–Crippen LogP) is 1.71. The smallest absolute Gasteiger partial charge is 0.222 e. The summed E-state index contributed by atoms with van der Waals surface area (Å²) in [5.41, 5.74) is 0.542. The first-order valence-corrected chi connectivity index (χ1v) is 10.8. The predicted molar refractivity (Wildman–Crippen MR) is 91.3 cm³/mol. The van der Waals surface area contributed by atoms with E-state index in [1.54, 1.807) is 48.7 Å². The Morgan fingerprint density at radius 3 is 2.26 bits per heavy atom. The molecule has 0 spiro atoms. The molecule has 2 rings (SSSR count). The molecule has 1 aromatic carbocycles. The molecule has 0 aliphatic rings. The van der Waals surface area contributed by atoms with Gasteiger partial charge in [-0.2, -0.15) is 8.42 Å². The summed E-state index contributed by atoms with van der Waals surface area (Å²) in [7, 11) is -7.41. The zero-order valence-electron chi connectivity index (χ0n) is 12.5. The van der Waals surface area contributed by atoms with E-state index in [1.165, 1.54) is 6.07 Å². The van der Waals surface area contributed by atoms with Gasteiger partial charge >= 0.3 is 0 Å². The quantitative estimate of drug-likeness (QED) is 0.736. The minimum Gasteiger partial charge on any atom is -0.222 e. The maximum absolute atomic E-state index is 12.8. The number of thiophene rings is 1. The number of rotatable bonds is 8. The standard InChI is InChI=1S/C14H18N2O4S3/c1-2-15-23(19,20)16-11-13(12-7-4-3-5-8-12)22(17,18)14-9-6-10-21-14/h3-10,13,15-16H,2,11H2,1H3. The van der Waals surface area contributed by atoms with Crippen LogP contribution in [0, 0.1) is 0 Å². The van der Waals surface area contributed by atoms with Gasteiger partial charge < -0.3 is 0 Å². The molecule has 0 saturated carbocycles. The van der Waals surface area contributed by atoms with Crippen molar-refractivity contribution in [3.05, 3.63) is 53.4 Å². The lowest BCUT2D eigenvalue weighted by Crippen LogP contribution is -2.39. The Bertz CT molecular complexity index is 816. The summed E-state index contributed by atoms with van der Waals surface area (Å²) >= 11 is 1.12. The average Bonchev–Trinajstić information content (AvgIpc) is 3.03. The molecular formula is C14H18N2O4S3. The van der Waals surface area contributed by atoms with Gasteiger partial charge in [0.05, 0.1) is 0 Å². The summed E-state index contributed by atoms with van der Waals surface area (Å²) in [6.45, 7) is 1.64. The van der Waals surface area contributed by atoms with E-state index in [4.69, 9.17) is 0 Å². The van der Waals surface area contributed by atoms with E-state index >= 15 is 0 Å². The molecule has 0 fully saturated rings. The van der Waals surface area contributed by atoms with Gasteiger partial charge in [0.1, 0.15) is 9.46 Å². The van der Waals surface area contributed by atoms with Crippen molar-refractivity contribution in [1.82, 2.24) is 9.44 Å². The fraction of sp³-hybridized carbons (Fsp3) is 0.286. The molecule has 0 amide bonds. The number of nitrogens with one attached hydrogen (secondary N) is 2. The highest BCUT2D eigenvalue weighted by Crippen LogP contribution is 2.31. The molecule has 126 valence electrons. The molecule has 0 bridgehead atoms. The fourth-order valence-corrected chi connectivity index (χ4v) is 5.91. The number of sulfone groups is 1. The lowest BCUT2D eigenvalue weighted by Gasteiger charge is -2.18. The van der Waals surface area contributed by atoms with Gasteiger partial charge in [0.25, 0.3) is 10.2 Å². The fourth-order valence-electron chi connectivity index (χ4n) is 2.07. The highest BCUT2D eigenvalue weighted by atomic mass is 32.2. The topological polar surface area (TPSA) is 92.3 Å². The van der Waals surface area contributed by atoms with Crippen LogP contribution in [0.4, 0.5) is 0 Å². The molecule has 6 nitrogen and oxygen atoms in total. The Morgan fingerprint density at radius 1 is 1.00 bits per heavy atom. The van der Waals surface area contributed by atoms with Crippen LogP contribution >= 0.6 is 11.3 Å². The van der Waals surface area contributed by atoms with E-state index in [0.29, 0.717) is 5.56 Å². The second-order valence-corrected chi connectivity index (χ2v) is 9.62. The van der Waals surface area contributed by atoms with E-state index in [0.717, 1.165) is 11.3 Å². The van der Waals surface area contributed by atoms with Crippen molar-refractivity contribution in [2.24, 2.45) is 0 Å². The molecule has 2 N–H and O–H groups in total. The second kappa shape index (κ2) is 7.54. The average molecular weight is 375 g/mol. The van der Waals surface area contributed by atoms with Crippen molar-refractivity contribution in [3.8, 4) is 0 Å². The van der Waals surface area contributed by atoms with Crippen LogP contribution in [-0.2, 0) is 20.0 Å². The Balaban J connectivity index is 2.34. The van der Waals surface area contributed by atoms with Crippen molar-refractivity contribution in [2.45, 2.75) is 16.4 Å². The molecular weight excluding hydrogens is 356 g/mol. The Kier molecular flexibility index (Phi) is 5.93. The molecule has 9 heteroatoms. The lowest BCUT2D eigenvalue weighted by atomic mass is 10.1. The van der Waals surface area contributed by atoms with Crippen molar-refractivity contribution in [3.63, 3.8) is 0 Å². The zero-order valence-corrected chi connectivity index (χ0v) is 14.9. The SMILES string of the molecule is CCNS(=O)(=O)NCC(c1ccccc1)S(=O)(=O)c1cccs1. The second-order valence-electron chi connectivity index (χ2n) is 4.73. The molecule has 0 radical (unpaired) electrons. The first-order valence-electron chi connectivity index (χ1n) is 6.93. The van der Waals surface area contributed by atoms with E-state index in [1.807, 2.05) is 0 Å². The molecule has 1 unspecified atom stereocenters. The Labute approximate surface area is 140 Å². The van der Waals surface area contributed by atoms with Gasteiger partial charge in [0, 0.05) is 13.1 Å². The van der Waals surface area contributed by atoms with Gasteiger partial charge in [0.15, 0.2) is 9.84 Å². The van der Waals surface area contributed by atoms with Crippen LogP contribution < -0.4 is 9.44 Å². The summed E-state index contributed by atoms with van der Waals surface area (Å²) in [5, 5.41) is 0.688. The number of hydrogen-bond donors (Lipinski definition) is 2. The maximum atomic E-state index is 12.8. The lowest BCUT2D eigenvalue weighted by molar-refractivity contribution is 0.561. The van der Waals surface area contributed by atoms with Gasteiger partial charge in [-0.1, -0.05) is 43.3 Å². The van der Waals surface area contributed by atoms with Crippen LogP contribution in [0.5, 0.6) is 0 Å². The first kappa shape index (κ1) is 18.1. The minimum atomic E-state index is -3.72. The third kappa shape index (κ3) is 4.61. The van der Waals surface area contributed by atoms with Gasteiger partial charge in [-0.3, -0.25) is 0 Å². The summed E-state index contributed by atoms with van der Waals surface area (Å²) in [6, 6.07) is 11.8. The van der Waals surface area contributed by atoms with Gasteiger partial charge in [-0.15, -0.1) is 11.3 Å². The van der Waals surface area contributed by atoms with Crippen LogP contribution in [-0.4, -0.2) is 29.9 Å². The van der Waals surface area contributed by atoms with E-state index in [-0.39, 0.29) is 17.3 Å². The molecule has 23 heavy (non-hydrogen) atoms. The highest BCUT2D eigenvalue weighted by Gasteiger charge is 2.31. The van der Waals surface area contributed by atoms with Crippen molar-refractivity contribution in [1.29, 1.82) is 0 Å². The highest BCUT2D eigenvalue weighted by molar-refractivity contribution is 7.93. The van der Waals surface area contributed by atoms with Crippen LogP contribution in [0.3, 0.4) is 0 Å². The molecule has 1 atom stereocenters.